The van der Waals surface area contributed by atoms with Crippen LogP contribution >= 0.6 is 11.3 Å². The van der Waals surface area contributed by atoms with Crippen molar-refractivity contribution in [3.63, 3.8) is 0 Å². The fraction of sp³-hybridized carbons (Fsp3) is 0.684. The van der Waals surface area contributed by atoms with Gasteiger partial charge < -0.3 is 19.2 Å². The molecule has 3 aliphatic rings. The lowest BCUT2D eigenvalue weighted by Crippen LogP contribution is -2.43. The number of anilines is 1. The van der Waals surface area contributed by atoms with Crippen LogP contribution in [0.1, 0.15) is 41.6 Å². The molecule has 3 fully saturated rings. The molecule has 2 aliphatic heterocycles. The first-order valence-electron chi connectivity index (χ1n) is 9.95. The molecular formula is C19H26N6O2S. The Hall–Kier alpha value is -2.00. The van der Waals surface area contributed by atoms with Gasteiger partial charge in [-0.15, -0.1) is 11.3 Å². The van der Waals surface area contributed by atoms with E-state index in [0.29, 0.717) is 23.5 Å². The van der Waals surface area contributed by atoms with Crippen molar-refractivity contribution in [2.75, 3.05) is 51.7 Å². The zero-order chi connectivity index (χ0) is 19.3. The first-order valence-corrected chi connectivity index (χ1v) is 10.9. The minimum Gasteiger partial charge on any atom is -0.337 e. The van der Waals surface area contributed by atoms with Crippen molar-refractivity contribution in [3.05, 3.63) is 22.5 Å². The van der Waals surface area contributed by atoms with E-state index in [2.05, 4.69) is 34.0 Å². The molecule has 2 aromatic rings. The fourth-order valence-corrected chi connectivity index (χ4v) is 5.52. The van der Waals surface area contributed by atoms with Crippen molar-refractivity contribution in [1.82, 2.24) is 24.9 Å². The van der Waals surface area contributed by atoms with Gasteiger partial charge in [0.2, 0.25) is 5.89 Å². The van der Waals surface area contributed by atoms with E-state index in [1.165, 1.54) is 17.8 Å². The molecule has 2 aromatic heterocycles. The maximum Gasteiger partial charge on any atom is 0.273 e. The Kier molecular flexibility index (Phi) is 4.39. The van der Waals surface area contributed by atoms with Crippen LogP contribution in [0.25, 0.3) is 0 Å². The number of aromatic nitrogens is 3. The SMILES string of the molecule is CN(C)C[C@@]12CN(C(=O)c3cscn3)C[C@@H]1CN(c1noc(C3CCC3)n1)C2. The molecule has 2 atom stereocenters. The van der Waals surface area contributed by atoms with Gasteiger partial charge in [0, 0.05) is 55.4 Å². The number of hydrogen-bond donors (Lipinski definition) is 0. The highest BCUT2D eigenvalue weighted by Crippen LogP contribution is 2.45. The quantitative estimate of drug-likeness (QED) is 0.756. The van der Waals surface area contributed by atoms with Crippen LogP contribution in [-0.4, -0.2) is 77.7 Å². The molecule has 2 saturated heterocycles. The van der Waals surface area contributed by atoms with Gasteiger partial charge in [-0.3, -0.25) is 4.79 Å². The van der Waals surface area contributed by atoms with Gasteiger partial charge in [-0.2, -0.15) is 4.98 Å². The minimum atomic E-state index is 0.0203. The van der Waals surface area contributed by atoms with Crippen molar-refractivity contribution in [2.45, 2.75) is 25.2 Å². The largest absolute Gasteiger partial charge is 0.337 e. The average molecular weight is 403 g/mol. The number of rotatable bonds is 5. The molecule has 0 N–H and O–H groups in total. The molecule has 0 bridgehead atoms. The standard InChI is InChI=1S/C19H26N6O2S/c1-23(2)9-19-10-24(17(26)15-8-28-12-20-15)6-14(19)7-25(11-19)18-21-16(27-22-18)13-4-3-5-13/h8,12-14H,3-7,9-11H2,1-2H3/t14-,19+/m1/s1. The van der Waals surface area contributed by atoms with Gasteiger partial charge in [-0.05, 0) is 32.1 Å². The average Bonchev–Trinajstić information content (AvgIpc) is 3.34. The molecule has 0 radical (unpaired) electrons. The number of likely N-dealkylation sites (tertiary alicyclic amines) is 1. The van der Waals surface area contributed by atoms with Crippen LogP contribution in [0.3, 0.4) is 0 Å². The molecule has 28 heavy (non-hydrogen) atoms. The van der Waals surface area contributed by atoms with Crippen molar-refractivity contribution < 1.29 is 9.32 Å². The molecule has 0 unspecified atom stereocenters. The van der Waals surface area contributed by atoms with Crippen LogP contribution in [-0.2, 0) is 0 Å². The van der Waals surface area contributed by atoms with E-state index in [4.69, 9.17) is 9.51 Å². The van der Waals surface area contributed by atoms with Gasteiger partial charge in [-0.25, -0.2) is 4.98 Å². The minimum absolute atomic E-state index is 0.0203. The van der Waals surface area contributed by atoms with Crippen molar-refractivity contribution in [3.8, 4) is 0 Å². The monoisotopic (exact) mass is 402 g/mol. The molecule has 1 amide bonds. The highest BCUT2D eigenvalue weighted by molar-refractivity contribution is 7.07. The Morgan fingerprint density at radius 1 is 1.36 bits per heavy atom. The Morgan fingerprint density at radius 2 is 2.21 bits per heavy atom. The van der Waals surface area contributed by atoms with E-state index in [9.17, 15) is 4.79 Å². The number of fused-ring (bicyclic) bond motifs is 1. The van der Waals surface area contributed by atoms with Gasteiger partial charge in [0.05, 0.1) is 5.51 Å². The topological polar surface area (TPSA) is 78.6 Å². The maximum atomic E-state index is 12.8. The summed E-state index contributed by atoms with van der Waals surface area (Å²) in [6, 6.07) is 0. The number of carbonyl (C=O) groups excluding carboxylic acids is 1. The zero-order valence-corrected chi connectivity index (χ0v) is 17.2. The highest BCUT2D eigenvalue weighted by atomic mass is 32.1. The second kappa shape index (κ2) is 6.81. The third-order valence-corrected chi connectivity index (χ3v) is 7.08. The molecule has 8 nitrogen and oxygen atoms in total. The molecule has 150 valence electrons. The number of nitrogens with zero attached hydrogens (tertiary/aromatic N) is 6. The van der Waals surface area contributed by atoms with E-state index < -0.39 is 0 Å². The van der Waals surface area contributed by atoms with Crippen LogP contribution in [0.15, 0.2) is 15.4 Å². The smallest absolute Gasteiger partial charge is 0.273 e. The first kappa shape index (κ1) is 18.1. The summed E-state index contributed by atoms with van der Waals surface area (Å²) in [6.07, 6.45) is 3.56. The summed E-state index contributed by atoms with van der Waals surface area (Å²) in [5.74, 6) is 2.40. The van der Waals surface area contributed by atoms with Crippen molar-refractivity contribution in [2.24, 2.45) is 11.3 Å². The Labute approximate surface area is 168 Å². The van der Waals surface area contributed by atoms with Gasteiger partial charge in [0.15, 0.2) is 0 Å². The third-order valence-electron chi connectivity index (χ3n) is 6.50. The normalized spacial score (nSPS) is 27.5. The van der Waals surface area contributed by atoms with Gasteiger partial charge >= 0.3 is 0 Å². The van der Waals surface area contributed by atoms with E-state index in [1.807, 2.05) is 10.3 Å². The summed E-state index contributed by atoms with van der Waals surface area (Å²) in [4.78, 5) is 28.2. The van der Waals surface area contributed by atoms with Crippen LogP contribution in [0, 0.1) is 11.3 Å². The van der Waals surface area contributed by atoms with Gasteiger partial charge in [0.25, 0.3) is 11.9 Å². The molecule has 4 heterocycles. The Bertz CT molecular complexity index is 848. The van der Waals surface area contributed by atoms with E-state index in [1.54, 1.807) is 5.51 Å². The summed E-state index contributed by atoms with van der Waals surface area (Å²) in [7, 11) is 4.20. The lowest BCUT2D eigenvalue weighted by molar-refractivity contribution is 0.0760. The van der Waals surface area contributed by atoms with Crippen LogP contribution < -0.4 is 4.90 Å². The molecule has 0 aromatic carbocycles. The lowest BCUT2D eigenvalue weighted by atomic mass is 9.80. The van der Waals surface area contributed by atoms with Crippen LogP contribution in [0.4, 0.5) is 5.95 Å². The van der Waals surface area contributed by atoms with Crippen molar-refractivity contribution >= 4 is 23.2 Å². The van der Waals surface area contributed by atoms with Gasteiger partial charge in [0.1, 0.15) is 5.69 Å². The van der Waals surface area contributed by atoms with E-state index in [0.717, 1.165) is 51.5 Å². The second-order valence-corrected chi connectivity index (χ2v) is 9.52. The zero-order valence-electron chi connectivity index (χ0n) is 16.4. The summed E-state index contributed by atoms with van der Waals surface area (Å²) in [5.41, 5.74) is 2.30. The van der Waals surface area contributed by atoms with E-state index >= 15 is 0 Å². The third kappa shape index (κ3) is 3.00. The molecule has 1 aliphatic carbocycles. The van der Waals surface area contributed by atoms with Crippen molar-refractivity contribution in [1.29, 1.82) is 0 Å². The number of hydrogen-bond acceptors (Lipinski definition) is 8. The molecule has 5 rings (SSSR count). The molecule has 1 saturated carbocycles. The molecule has 0 spiro atoms. The number of thiazole rings is 1. The maximum absolute atomic E-state index is 12.8. The molecular weight excluding hydrogens is 376 g/mol. The summed E-state index contributed by atoms with van der Waals surface area (Å²) in [6.45, 7) is 4.14. The predicted molar refractivity (Wildman–Crippen MR) is 106 cm³/mol. The summed E-state index contributed by atoms with van der Waals surface area (Å²) < 4.78 is 5.54. The number of carbonyl (C=O) groups is 1. The van der Waals surface area contributed by atoms with Crippen LogP contribution in [0.2, 0.25) is 0 Å². The van der Waals surface area contributed by atoms with Crippen LogP contribution in [0.5, 0.6) is 0 Å². The Morgan fingerprint density at radius 3 is 2.89 bits per heavy atom. The summed E-state index contributed by atoms with van der Waals surface area (Å²) >= 11 is 1.46. The summed E-state index contributed by atoms with van der Waals surface area (Å²) in [5, 5.41) is 6.11. The number of amides is 1. The van der Waals surface area contributed by atoms with E-state index in [-0.39, 0.29) is 11.3 Å². The molecule has 9 heteroatoms. The first-order chi connectivity index (χ1) is 13.5. The van der Waals surface area contributed by atoms with Gasteiger partial charge in [-0.1, -0.05) is 6.42 Å². The Balaban J connectivity index is 1.34. The predicted octanol–water partition coefficient (Wildman–Crippen LogP) is 1.93. The second-order valence-electron chi connectivity index (χ2n) is 8.80. The lowest BCUT2D eigenvalue weighted by Gasteiger charge is -2.31. The highest BCUT2D eigenvalue weighted by Gasteiger charge is 2.54. The fourth-order valence-electron chi connectivity index (χ4n) is 5.00.